The lowest BCUT2D eigenvalue weighted by atomic mass is 9.82. The van der Waals surface area contributed by atoms with Gasteiger partial charge >= 0.3 is 0 Å². The zero-order valence-corrected chi connectivity index (χ0v) is 29.3. The maximum absolute atomic E-state index is 6.61. The fraction of sp³-hybridized carbons (Fsp3) is 0.238. The van der Waals surface area contributed by atoms with Crippen molar-refractivity contribution < 1.29 is 9.47 Å². The van der Waals surface area contributed by atoms with Crippen molar-refractivity contribution in [2.75, 3.05) is 7.11 Å². The smallest absolute Gasteiger partial charge is 0.141 e. The number of rotatable bonds is 6. The van der Waals surface area contributed by atoms with E-state index in [0.29, 0.717) is 0 Å². The summed E-state index contributed by atoms with van der Waals surface area (Å²) >= 11 is 0. The van der Waals surface area contributed by atoms with Crippen molar-refractivity contribution in [1.82, 2.24) is 19.3 Å². The van der Waals surface area contributed by atoms with Crippen molar-refractivity contribution in [3.63, 3.8) is 0 Å². The number of hydrogen-bond acceptors (Lipinski definition) is 4. The fourth-order valence-corrected chi connectivity index (χ4v) is 7.00. The Kier molecular flexibility index (Phi) is 7.62. The van der Waals surface area contributed by atoms with Crippen molar-refractivity contribution in [1.29, 1.82) is 0 Å². The van der Waals surface area contributed by atoms with Gasteiger partial charge in [-0.2, -0.15) is 5.10 Å². The monoisotopic (exact) mass is 634 g/mol. The lowest BCUT2D eigenvalue weighted by Crippen LogP contribution is -2.12. The number of pyridine rings is 1. The molecule has 0 radical (unpaired) electrons. The first-order chi connectivity index (χ1) is 22.9. The van der Waals surface area contributed by atoms with Crippen LogP contribution in [0.15, 0.2) is 91.1 Å². The minimum Gasteiger partial charge on any atom is -0.497 e. The molecule has 4 aromatic carbocycles. The summed E-state index contributed by atoms with van der Waals surface area (Å²) in [6.07, 6.45) is 1.78. The Labute approximate surface area is 282 Å². The number of aromatic nitrogens is 4. The molecule has 0 aliphatic carbocycles. The normalized spacial score (nSPS) is 11.9. The highest BCUT2D eigenvalue weighted by molar-refractivity contribution is 6.09. The Morgan fingerprint density at radius 1 is 0.667 bits per heavy atom. The van der Waals surface area contributed by atoms with Crippen LogP contribution in [-0.4, -0.2) is 26.4 Å². The number of nitrogens with zero attached hydrogens (tertiary/aromatic N) is 4. The number of para-hydroxylation sites is 1. The SMILES string of the molecule is COc1ccnc(-n2c3ccccc3c3ccc(Oc4cc(C)cc(-n5nc(C)c(-c6c(C)cc(C(C)(C)C)cc6C)c5C)c4)cc32)c1. The number of methoxy groups -OCH3 is 1. The van der Waals surface area contributed by atoms with Crippen LogP contribution >= 0.6 is 0 Å². The summed E-state index contributed by atoms with van der Waals surface area (Å²) in [6.45, 7) is 17.6. The summed E-state index contributed by atoms with van der Waals surface area (Å²) in [5.41, 5.74) is 12.7. The third kappa shape index (κ3) is 5.41. The molecule has 0 bridgehead atoms. The van der Waals surface area contributed by atoms with E-state index in [1.807, 2.05) is 18.2 Å². The molecule has 0 saturated carbocycles. The van der Waals surface area contributed by atoms with Crippen molar-refractivity contribution in [3.8, 4) is 39.9 Å². The molecule has 0 atom stereocenters. The molecule has 0 aliphatic rings. The summed E-state index contributed by atoms with van der Waals surface area (Å²) in [7, 11) is 1.67. The van der Waals surface area contributed by atoms with Gasteiger partial charge in [-0.3, -0.25) is 4.57 Å². The minimum absolute atomic E-state index is 0.0906. The van der Waals surface area contributed by atoms with Gasteiger partial charge in [-0.15, -0.1) is 0 Å². The number of benzene rings is 4. The van der Waals surface area contributed by atoms with E-state index < -0.39 is 0 Å². The van der Waals surface area contributed by atoms with Crippen LogP contribution in [0.2, 0.25) is 0 Å². The average molecular weight is 635 g/mol. The predicted molar refractivity (Wildman–Crippen MR) is 197 cm³/mol. The standard InChI is InChI=1S/C42H42N4O2/c1-25-18-31(46-29(5)41(28(4)44-46)40-26(2)20-30(21-27(40)3)42(6,7)8)22-34(19-25)48-33-14-15-36-35-12-10-11-13-37(35)45(38(36)23-33)39-24-32(47-9)16-17-43-39/h10-24H,1-9H3. The Morgan fingerprint density at radius 3 is 2.12 bits per heavy atom. The molecule has 6 nitrogen and oxygen atoms in total. The molecule has 7 aromatic rings. The van der Waals surface area contributed by atoms with Gasteiger partial charge in [0.15, 0.2) is 0 Å². The van der Waals surface area contributed by atoms with Crippen LogP contribution < -0.4 is 9.47 Å². The first-order valence-corrected chi connectivity index (χ1v) is 16.4. The maximum Gasteiger partial charge on any atom is 0.141 e. The summed E-state index contributed by atoms with van der Waals surface area (Å²) in [5.74, 6) is 3.03. The molecule has 0 unspecified atom stereocenters. The van der Waals surface area contributed by atoms with Gasteiger partial charge in [0, 0.05) is 46.4 Å². The van der Waals surface area contributed by atoms with E-state index >= 15 is 0 Å². The van der Waals surface area contributed by atoms with Gasteiger partial charge in [-0.1, -0.05) is 51.1 Å². The van der Waals surface area contributed by atoms with Crippen molar-refractivity contribution in [2.24, 2.45) is 0 Å². The van der Waals surface area contributed by atoms with Crippen LogP contribution in [0.3, 0.4) is 0 Å². The van der Waals surface area contributed by atoms with Gasteiger partial charge in [0.2, 0.25) is 0 Å². The van der Waals surface area contributed by atoms with Crippen LogP contribution in [0, 0.1) is 34.6 Å². The first kappa shape index (κ1) is 31.3. The Balaban J connectivity index is 1.29. The van der Waals surface area contributed by atoms with Gasteiger partial charge in [-0.05, 0) is 104 Å². The van der Waals surface area contributed by atoms with E-state index in [1.54, 1.807) is 13.3 Å². The molecule has 242 valence electrons. The Hall–Kier alpha value is -5.36. The highest BCUT2D eigenvalue weighted by Crippen LogP contribution is 2.39. The van der Waals surface area contributed by atoms with Crippen LogP contribution in [0.25, 0.3) is 44.4 Å². The summed E-state index contributed by atoms with van der Waals surface area (Å²) in [4.78, 5) is 4.70. The molecule has 0 spiro atoms. The Morgan fingerprint density at radius 2 is 1.40 bits per heavy atom. The maximum atomic E-state index is 6.61. The zero-order chi connectivity index (χ0) is 33.9. The van der Waals surface area contributed by atoms with Gasteiger partial charge in [0.1, 0.15) is 23.1 Å². The molecule has 0 fully saturated rings. The van der Waals surface area contributed by atoms with E-state index in [2.05, 4.69) is 131 Å². The molecular weight excluding hydrogens is 592 g/mol. The molecule has 3 aromatic heterocycles. The van der Waals surface area contributed by atoms with Crippen LogP contribution in [0.5, 0.6) is 17.2 Å². The summed E-state index contributed by atoms with van der Waals surface area (Å²) in [5, 5.41) is 7.35. The largest absolute Gasteiger partial charge is 0.497 e. The molecule has 0 aliphatic heterocycles. The van der Waals surface area contributed by atoms with Crippen LogP contribution in [0.1, 0.15) is 54.4 Å². The third-order valence-electron chi connectivity index (χ3n) is 9.28. The second-order valence-electron chi connectivity index (χ2n) is 13.9. The van der Waals surface area contributed by atoms with Gasteiger partial charge < -0.3 is 9.47 Å². The second-order valence-corrected chi connectivity index (χ2v) is 13.9. The molecular formula is C42H42N4O2. The highest BCUT2D eigenvalue weighted by atomic mass is 16.5. The molecule has 48 heavy (non-hydrogen) atoms. The number of aryl methyl sites for hydroxylation is 4. The average Bonchev–Trinajstić information content (AvgIpc) is 3.53. The fourth-order valence-electron chi connectivity index (χ4n) is 7.00. The minimum atomic E-state index is 0.0906. The summed E-state index contributed by atoms with van der Waals surface area (Å²) < 4.78 is 16.3. The van der Waals surface area contributed by atoms with Gasteiger partial charge in [0.25, 0.3) is 0 Å². The molecule has 7 rings (SSSR count). The van der Waals surface area contributed by atoms with E-state index in [4.69, 9.17) is 19.6 Å². The zero-order valence-electron chi connectivity index (χ0n) is 29.3. The summed E-state index contributed by atoms with van der Waals surface area (Å²) in [6, 6.07) is 29.4. The van der Waals surface area contributed by atoms with E-state index in [0.717, 1.165) is 67.5 Å². The van der Waals surface area contributed by atoms with E-state index in [-0.39, 0.29) is 5.41 Å². The number of hydrogen-bond donors (Lipinski definition) is 0. The lowest BCUT2D eigenvalue weighted by molar-refractivity contribution is 0.414. The van der Waals surface area contributed by atoms with Crippen LogP contribution in [-0.2, 0) is 5.41 Å². The molecule has 0 saturated heterocycles. The predicted octanol–water partition coefficient (Wildman–Crippen LogP) is 10.7. The topological polar surface area (TPSA) is 54.1 Å². The molecule has 0 amide bonds. The Bertz CT molecular complexity index is 2330. The lowest BCUT2D eigenvalue weighted by Gasteiger charge is -2.22. The van der Waals surface area contributed by atoms with Gasteiger partial charge in [0.05, 0.1) is 29.5 Å². The van der Waals surface area contributed by atoms with Crippen LogP contribution in [0.4, 0.5) is 0 Å². The molecule has 0 N–H and O–H groups in total. The third-order valence-corrected chi connectivity index (χ3v) is 9.28. The second kappa shape index (κ2) is 11.7. The van der Waals surface area contributed by atoms with Gasteiger partial charge in [-0.25, -0.2) is 9.67 Å². The number of ether oxygens (including phenoxy) is 2. The highest BCUT2D eigenvalue weighted by Gasteiger charge is 2.22. The molecule has 6 heteroatoms. The van der Waals surface area contributed by atoms with Crippen molar-refractivity contribution >= 4 is 21.8 Å². The van der Waals surface area contributed by atoms with E-state index in [1.165, 1.54) is 27.8 Å². The van der Waals surface area contributed by atoms with Crippen molar-refractivity contribution in [2.45, 2.75) is 60.8 Å². The van der Waals surface area contributed by atoms with E-state index in [9.17, 15) is 0 Å². The quantitative estimate of drug-likeness (QED) is 0.183. The first-order valence-electron chi connectivity index (χ1n) is 16.4. The number of fused-ring (bicyclic) bond motifs is 3. The molecule has 3 heterocycles. The van der Waals surface area contributed by atoms with Crippen molar-refractivity contribution in [3.05, 3.63) is 125 Å².